The molecule has 2 aromatic rings. The van der Waals surface area contributed by atoms with Crippen LogP contribution in [0.3, 0.4) is 0 Å². The van der Waals surface area contributed by atoms with E-state index in [1.54, 1.807) is 9.58 Å². The number of quaternary nitrogens is 1. The Morgan fingerprint density at radius 1 is 1.31 bits per heavy atom. The summed E-state index contributed by atoms with van der Waals surface area (Å²) in [5.74, 6) is 0.167. The van der Waals surface area contributed by atoms with E-state index in [0.717, 1.165) is 49.5 Å². The first-order valence-corrected chi connectivity index (χ1v) is 10.0. The number of hydrogen-bond donors (Lipinski definition) is 1. The van der Waals surface area contributed by atoms with Gasteiger partial charge in [0.2, 0.25) is 11.1 Å². The van der Waals surface area contributed by atoms with E-state index < -0.39 is 0 Å². The van der Waals surface area contributed by atoms with Crippen LogP contribution < -0.4 is 4.90 Å². The molecule has 1 aliphatic rings. The molecule has 0 radical (unpaired) electrons. The molecule has 1 aliphatic heterocycles. The van der Waals surface area contributed by atoms with Crippen LogP contribution in [0.15, 0.2) is 23.4 Å². The fraction of sp³-hybridized carbons (Fsp3) is 0.556. The van der Waals surface area contributed by atoms with Gasteiger partial charge in [-0.1, -0.05) is 23.9 Å². The molecule has 0 unspecified atom stereocenters. The molecule has 0 aliphatic carbocycles. The largest absolute Gasteiger partial charge is 0.332 e. The normalized spacial score (nSPS) is 16.7. The number of nitrogens with zero attached hydrogens (tertiary/aromatic N) is 5. The summed E-state index contributed by atoms with van der Waals surface area (Å²) in [6, 6.07) is 6.19. The number of likely N-dealkylation sites (N-methyl/N-ethyl adjacent to an activating group) is 1. The van der Waals surface area contributed by atoms with Crippen LogP contribution in [0.1, 0.15) is 25.0 Å². The first kappa shape index (κ1) is 18.8. The first-order chi connectivity index (χ1) is 12.5. The van der Waals surface area contributed by atoms with Crippen molar-refractivity contribution in [2.24, 2.45) is 0 Å². The summed E-state index contributed by atoms with van der Waals surface area (Å²) in [7, 11) is 0. The van der Waals surface area contributed by atoms with Crippen LogP contribution in [0.5, 0.6) is 0 Å². The maximum absolute atomic E-state index is 12.8. The van der Waals surface area contributed by atoms with Crippen molar-refractivity contribution in [3.05, 3.63) is 29.3 Å². The summed E-state index contributed by atoms with van der Waals surface area (Å²) in [6.45, 7) is 13.0. The van der Waals surface area contributed by atoms with Gasteiger partial charge < -0.3 is 9.80 Å². The van der Waals surface area contributed by atoms with Crippen molar-refractivity contribution >= 4 is 17.7 Å². The fourth-order valence-corrected chi connectivity index (χ4v) is 4.10. The topological polar surface area (TPSA) is 68.3 Å². The molecular formula is C18H27N6OS+. The molecule has 1 atom stereocenters. The monoisotopic (exact) mass is 375 g/mol. The Morgan fingerprint density at radius 2 is 2.04 bits per heavy atom. The van der Waals surface area contributed by atoms with Crippen molar-refractivity contribution in [2.75, 3.05) is 32.7 Å². The Balaban J connectivity index is 1.71. The lowest BCUT2D eigenvalue weighted by atomic mass is 10.1. The number of carbonyl (C=O) groups is 1. The second-order valence-corrected chi connectivity index (χ2v) is 8.16. The van der Waals surface area contributed by atoms with Crippen molar-refractivity contribution in [3.63, 3.8) is 0 Å². The molecule has 1 fully saturated rings. The lowest BCUT2D eigenvalue weighted by Gasteiger charge is -2.32. The minimum Gasteiger partial charge on any atom is -0.332 e. The number of aromatic nitrogens is 4. The zero-order valence-corrected chi connectivity index (χ0v) is 16.7. The van der Waals surface area contributed by atoms with E-state index in [2.05, 4.69) is 40.6 Å². The number of benzene rings is 1. The van der Waals surface area contributed by atoms with Crippen LogP contribution in [-0.2, 0) is 4.79 Å². The molecule has 0 spiro atoms. The zero-order chi connectivity index (χ0) is 18.7. The van der Waals surface area contributed by atoms with Crippen LogP contribution in [0.4, 0.5) is 0 Å². The minimum atomic E-state index is -0.215. The summed E-state index contributed by atoms with van der Waals surface area (Å²) < 4.78 is 1.73. The highest BCUT2D eigenvalue weighted by Crippen LogP contribution is 2.25. The minimum absolute atomic E-state index is 0.167. The predicted molar refractivity (Wildman–Crippen MR) is 102 cm³/mol. The Bertz CT molecular complexity index is 769. The Kier molecular flexibility index (Phi) is 5.93. The third kappa shape index (κ3) is 4.07. The molecule has 8 heteroatoms. The van der Waals surface area contributed by atoms with Gasteiger partial charge in [0.25, 0.3) is 0 Å². The molecule has 0 saturated carbocycles. The maximum atomic E-state index is 12.8. The SMILES string of the molecule is CC[NH+]1CCN(C(=O)[C@H](C)Sc2nnnn2-c2cc(C)ccc2C)CC1. The zero-order valence-electron chi connectivity index (χ0n) is 15.9. The van der Waals surface area contributed by atoms with Gasteiger partial charge in [-0.25, -0.2) is 0 Å². The second-order valence-electron chi connectivity index (χ2n) is 6.85. The smallest absolute Gasteiger partial charge is 0.236 e. The number of rotatable bonds is 5. The van der Waals surface area contributed by atoms with Crippen molar-refractivity contribution in [1.29, 1.82) is 0 Å². The van der Waals surface area contributed by atoms with E-state index in [0.29, 0.717) is 5.16 Å². The predicted octanol–water partition coefficient (Wildman–Crippen LogP) is 0.507. The fourth-order valence-electron chi connectivity index (χ4n) is 3.21. The average molecular weight is 376 g/mol. The number of hydrogen-bond acceptors (Lipinski definition) is 5. The number of aryl methyl sites for hydroxylation is 2. The van der Waals surface area contributed by atoms with Gasteiger partial charge in [-0.15, -0.1) is 5.10 Å². The van der Waals surface area contributed by atoms with Gasteiger partial charge in [-0.05, 0) is 55.3 Å². The first-order valence-electron chi connectivity index (χ1n) is 9.14. The third-order valence-corrected chi connectivity index (χ3v) is 5.97. The Labute approximate surface area is 158 Å². The molecule has 1 aromatic carbocycles. The van der Waals surface area contributed by atoms with Crippen LogP contribution in [0, 0.1) is 13.8 Å². The number of tetrazole rings is 1. The third-order valence-electron chi connectivity index (χ3n) is 4.95. The van der Waals surface area contributed by atoms with Crippen molar-refractivity contribution < 1.29 is 9.69 Å². The average Bonchev–Trinajstić information content (AvgIpc) is 3.11. The van der Waals surface area contributed by atoms with Gasteiger partial charge in [-0.2, -0.15) is 4.68 Å². The van der Waals surface area contributed by atoms with Gasteiger partial charge in [-0.3, -0.25) is 4.79 Å². The molecule has 3 rings (SSSR count). The van der Waals surface area contributed by atoms with Crippen molar-refractivity contribution in [1.82, 2.24) is 25.1 Å². The van der Waals surface area contributed by atoms with Gasteiger partial charge in [0.1, 0.15) is 0 Å². The van der Waals surface area contributed by atoms with Crippen molar-refractivity contribution in [3.8, 4) is 5.69 Å². The summed E-state index contributed by atoms with van der Waals surface area (Å²) >= 11 is 1.42. The van der Waals surface area contributed by atoms with Crippen LogP contribution >= 0.6 is 11.8 Å². The molecule has 140 valence electrons. The Morgan fingerprint density at radius 3 is 2.73 bits per heavy atom. The van der Waals surface area contributed by atoms with E-state index in [9.17, 15) is 4.79 Å². The molecule has 0 bridgehead atoms. The molecule has 26 heavy (non-hydrogen) atoms. The number of carbonyl (C=O) groups excluding carboxylic acids is 1. The van der Waals surface area contributed by atoms with Crippen molar-refractivity contribution in [2.45, 2.75) is 38.1 Å². The molecule has 1 aromatic heterocycles. The van der Waals surface area contributed by atoms with Crippen LogP contribution in [0.25, 0.3) is 5.69 Å². The molecule has 1 saturated heterocycles. The maximum Gasteiger partial charge on any atom is 0.236 e. The molecule has 7 nitrogen and oxygen atoms in total. The Hall–Kier alpha value is -1.93. The summed E-state index contributed by atoms with van der Waals surface area (Å²) in [4.78, 5) is 16.3. The highest BCUT2D eigenvalue weighted by Gasteiger charge is 2.28. The van der Waals surface area contributed by atoms with Gasteiger partial charge in [0.05, 0.1) is 43.7 Å². The van der Waals surface area contributed by atoms with Crippen LogP contribution in [-0.4, -0.2) is 69.0 Å². The quantitative estimate of drug-likeness (QED) is 0.771. The van der Waals surface area contributed by atoms with E-state index >= 15 is 0 Å². The summed E-state index contributed by atoms with van der Waals surface area (Å²) in [5, 5.41) is 12.6. The number of piperazine rings is 1. The highest BCUT2D eigenvalue weighted by molar-refractivity contribution is 8.00. The van der Waals surface area contributed by atoms with E-state index in [1.807, 2.05) is 25.7 Å². The van der Waals surface area contributed by atoms with E-state index in [4.69, 9.17) is 0 Å². The van der Waals surface area contributed by atoms with Gasteiger partial charge >= 0.3 is 0 Å². The second kappa shape index (κ2) is 8.18. The summed E-state index contributed by atoms with van der Waals surface area (Å²) in [5.41, 5.74) is 3.21. The van der Waals surface area contributed by atoms with Gasteiger partial charge in [0, 0.05) is 0 Å². The van der Waals surface area contributed by atoms with E-state index in [-0.39, 0.29) is 11.2 Å². The van der Waals surface area contributed by atoms with E-state index in [1.165, 1.54) is 11.8 Å². The van der Waals surface area contributed by atoms with Gasteiger partial charge in [0.15, 0.2) is 0 Å². The number of thioether (sulfide) groups is 1. The highest BCUT2D eigenvalue weighted by atomic mass is 32.2. The summed E-state index contributed by atoms with van der Waals surface area (Å²) in [6.07, 6.45) is 0. The standard InChI is InChI=1S/C18H26N6OS/c1-5-22-8-10-23(11-9-22)17(25)15(4)26-18-19-20-21-24(18)16-12-13(2)6-7-14(16)3/h6-7,12,15H,5,8-11H2,1-4H3/p+1/t15-/m0/s1. The molecular weight excluding hydrogens is 348 g/mol. The molecule has 1 amide bonds. The molecule has 2 heterocycles. The molecule has 1 N–H and O–H groups in total. The lowest BCUT2D eigenvalue weighted by Crippen LogP contribution is -3.14. The van der Waals surface area contributed by atoms with Crippen LogP contribution in [0.2, 0.25) is 0 Å². The number of nitrogens with one attached hydrogen (secondary N) is 1. The lowest BCUT2D eigenvalue weighted by molar-refractivity contribution is -0.902. The number of amides is 1.